The van der Waals surface area contributed by atoms with Crippen LogP contribution in [0.5, 0.6) is 0 Å². The average molecular weight is 318 g/mol. The highest BCUT2D eigenvalue weighted by atomic mass is 16.7. The van der Waals surface area contributed by atoms with Crippen LogP contribution < -0.4 is 5.59 Å². The number of hydrogen-bond acceptors (Lipinski definition) is 4. The first kappa shape index (κ1) is 15.7. The molecular formula is C17H27BN2O3. The molecule has 1 saturated carbocycles. The fraction of sp³-hybridized carbons (Fsp3) is 0.824. The summed E-state index contributed by atoms with van der Waals surface area (Å²) in [6, 6.07) is 2.14. The Morgan fingerprint density at radius 3 is 2.48 bits per heavy atom. The Kier molecular flexibility index (Phi) is 3.29. The average Bonchev–Trinajstić information content (AvgIpc) is 2.82. The zero-order valence-corrected chi connectivity index (χ0v) is 14.9. The molecule has 0 N–H and O–H groups in total. The first-order valence-corrected chi connectivity index (χ1v) is 8.79. The van der Waals surface area contributed by atoms with E-state index < -0.39 is 0 Å². The van der Waals surface area contributed by atoms with Crippen molar-refractivity contribution < 1.29 is 14.0 Å². The Balaban J connectivity index is 1.68. The molecule has 3 aliphatic rings. The van der Waals surface area contributed by atoms with Gasteiger partial charge in [-0.2, -0.15) is 5.10 Å². The van der Waals surface area contributed by atoms with E-state index in [1.807, 2.05) is 4.68 Å². The van der Waals surface area contributed by atoms with Crippen LogP contribution in [0.25, 0.3) is 0 Å². The minimum absolute atomic E-state index is 0.000381. The molecule has 1 aliphatic carbocycles. The monoisotopic (exact) mass is 318 g/mol. The number of aromatic nitrogens is 2. The summed E-state index contributed by atoms with van der Waals surface area (Å²) in [4.78, 5) is 0. The fourth-order valence-corrected chi connectivity index (χ4v) is 3.65. The third-order valence-electron chi connectivity index (χ3n) is 5.61. The van der Waals surface area contributed by atoms with Crippen molar-refractivity contribution >= 4 is 12.7 Å². The topological polar surface area (TPSA) is 45.5 Å². The van der Waals surface area contributed by atoms with Gasteiger partial charge in [-0.05, 0) is 39.2 Å². The molecule has 0 bridgehead atoms. The molecule has 2 saturated heterocycles. The maximum absolute atomic E-state index is 6.23. The van der Waals surface area contributed by atoms with Gasteiger partial charge in [-0.15, -0.1) is 0 Å². The maximum atomic E-state index is 6.23. The second-order valence-electron chi connectivity index (χ2n) is 8.68. The van der Waals surface area contributed by atoms with Crippen LogP contribution in [0.3, 0.4) is 0 Å². The summed E-state index contributed by atoms with van der Waals surface area (Å²) in [6.07, 6.45) is 4.28. The minimum Gasteiger partial charge on any atom is -0.398 e. The third-order valence-corrected chi connectivity index (χ3v) is 5.61. The summed E-state index contributed by atoms with van der Waals surface area (Å²) >= 11 is 0. The Morgan fingerprint density at radius 1 is 1.22 bits per heavy atom. The molecule has 1 aromatic heterocycles. The van der Waals surface area contributed by atoms with Crippen molar-refractivity contribution in [3.63, 3.8) is 0 Å². The number of fused-ring (bicyclic) bond motifs is 1. The highest BCUT2D eigenvalue weighted by Gasteiger charge is 2.71. The van der Waals surface area contributed by atoms with Gasteiger partial charge in [0.2, 0.25) is 0 Å². The van der Waals surface area contributed by atoms with Crippen molar-refractivity contribution in [2.75, 3.05) is 6.61 Å². The largest absolute Gasteiger partial charge is 0.514 e. The molecule has 0 amide bonds. The summed E-state index contributed by atoms with van der Waals surface area (Å²) in [5.74, 6) is 0. The summed E-state index contributed by atoms with van der Waals surface area (Å²) in [5.41, 5.74) is 1.75. The molecule has 0 radical (unpaired) electrons. The lowest BCUT2D eigenvalue weighted by Crippen LogP contribution is -2.43. The van der Waals surface area contributed by atoms with Crippen LogP contribution in [0.2, 0.25) is 0 Å². The van der Waals surface area contributed by atoms with Crippen LogP contribution in [0.1, 0.15) is 72.2 Å². The van der Waals surface area contributed by atoms with E-state index >= 15 is 0 Å². The summed E-state index contributed by atoms with van der Waals surface area (Å²) < 4.78 is 20.4. The zero-order valence-electron chi connectivity index (χ0n) is 14.9. The molecule has 1 aromatic rings. The van der Waals surface area contributed by atoms with Gasteiger partial charge in [-0.25, -0.2) is 4.68 Å². The smallest absolute Gasteiger partial charge is 0.398 e. The van der Waals surface area contributed by atoms with E-state index in [1.165, 1.54) is 6.42 Å². The standard InChI is InChI=1S/C17H27BN2O3/c1-15(2,3)12-10-13(18-22-16(4)11-17(16,5)23-18)20(19-12)14-8-6-7-9-21-14/h10,14H,6-9,11H2,1-5H3. The van der Waals surface area contributed by atoms with Gasteiger partial charge in [0.25, 0.3) is 0 Å². The molecule has 0 spiro atoms. The lowest BCUT2D eigenvalue weighted by molar-refractivity contribution is -0.0383. The van der Waals surface area contributed by atoms with E-state index in [0.717, 1.165) is 37.2 Å². The quantitative estimate of drug-likeness (QED) is 0.786. The van der Waals surface area contributed by atoms with Crippen LogP contribution >= 0.6 is 0 Å². The van der Waals surface area contributed by atoms with Gasteiger partial charge >= 0.3 is 7.12 Å². The predicted molar refractivity (Wildman–Crippen MR) is 88.8 cm³/mol. The van der Waals surface area contributed by atoms with E-state index in [0.29, 0.717) is 0 Å². The van der Waals surface area contributed by atoms with E-state index in [4.69, 9.17) is 19.1 Å². The van der Waals surface area contributed by atoms with Gasteiger partial charge in [0.05, 0.1) is 22.5 Å². The second kappa shape index (κ2) is 4.84. The lowest BCUT2D eigenvalue weighted by Gasteiger charge is -2.25. The highest BCUT2D eigenvalue weighted by Crippen LogP contribution is 2.58. The lowest BCUT2D eigenvalue weighted by atomic mass is 9.82. The molecule has 3 unspecified atom stereocenters. The van der Waals surface area contributed by atoms with E-state index in [2.05, 4.69) is 40.7 Å². The fourth-order valence-electron chi connectivity index (χ4n) is 3.65. The van der Waals surface area contributed by atoms with Gasteiger partial charge in [0.1, 0.15) is 6.23 Å². The maximum Gasteiger partial charge on any atom is 0.514 e. The molecule has 2 aliphatic heterocycles. The first-order valence-electron chi connectivity index (χ1n) is 8.79. The molecule has 126 valence electrons. The molecule has 5 nitrogen and oxygen atoms in total. The van der Waals surface area contributed by atoms with Gasteiger partial charge in [0.15, 0.2) is 0 Å². The number of rotatable bonds is 2. The van der Waals surface area contributed by atoms with E-state index in [1.54, 1.807) is 0 Å². The molecular weight excluding hydrogens is 291 g/mol. The Labute approximate surface area is 138 Å². The molecule has 3 atom stereocenters. The van der Waals surface area contributed by atoms with Crippen LogP contribution in [0, 0.1) is 0 Å². The second-order valence-corrected chi connectivity index (χ2v) is 8.68. The summed E-state index contributed by atoms with van der Waals surface area (Å²) in [7, 11) is -0.340. The third kappa shape index (κ3) is 2.46. The number of hydrogen-bond donors (Lipinski definition) is 0. The molecule has 23 heavy (non-hydrogen) atoms. The van der Waals surface area contributed by atoms with Crippen LogP contribution in [0.15, 0.2) is 6.07 Å². The highest BCUT2D eigenvalue weighted by molar-refractivity contribution is 6.61. The van der Waals surface area contributed by atoms with Crippen molar-refractivity contribution in [1.82, 2.24) is 9.78 Å². The van der Waals surface area contributed by atoms with Crippen LogP contribution in [-0.2, 0) is 19.5 Å². The van der Waals surface area contributed by atoms with Crippen molar-refractivity contribution in [3.05, 3.63) is 11.8 Å². The molecule has 6 heteroatoms. The van der Waals surface area contributed by atoms with Crippen molar-refractivity contribution in [2.24, 2.45) is 0 Å². The molecule has 0 aromatic carbocycles. The van der Waals surface area contributed by atoms with E-state index in [-0.39, 0.29) is 30.0 Å². The summed E-state index contributed by atoms with van der Waals surface area (Å²) in [6.45, 7) is 11.6. The first-order chi connectivity index (χ1) is 10.7. The minimum atomic E-state index is -0.340. The predicted octanol–water partition coefficient (Wildman–Crippen LogP) is 2.54. The Bertz CT molecular complexity index is 604. The van der Waals surface area contributed by atoms with Gasteiger partial charge in [-0.3, -0.25) is 0 Å². The van der Waals surface area contributed by atoms with Crippen molar-refractivity contribution in [3.8, 4) is 0 Å². The van der Waals surface area contributed by atoms with Gasteiger partial charge in [-0.1, -0.05) is 20.8 Å². The van der Waals surface area contributed by atoms with Crippen LogP contribution in [-0.4, -0.2) is 34.7 Å². The molecule has 4 rings (SSSR count). The Morgan fingerprint density at radius 2 is 1.91 bits per heavy atom. The van der Waals surface area contributed by atoms with Gasteiger partial charge < -0.3 is 14.0 Å². The van der Waals surface area contributed by atoms with Crippen molar-refractivity contribution in [2.45, 2.75) is 83.1 Å². The van der Waals surface area contributed by atoms with Crippen molar-refractivity contribution in [1.29, 1.82) is 0 Å². The normalized spacial score (nSPS) is 37.1. The zero-order chi connectivity index (χ0) is 16.5. The Hall–Kier alpha value is -0.845. The van der Waals surface area contributed by atoms with E-state index in [9.17, 15) is 0 Å². The van der Waals surface area contributed by atoms with Gasteiger partial charge in [0, 0.05) is 18.4 Å². The number of ether oxygens (including phenoxy) is 1. The molecule has 3 fully saturated rings. The molecule has 3 heterocycles. The summed E-state index contributed by atoms with van der Waals surface area (Å²) in [5, 5.41) is 4.87. The van der Waals surface area contributed by atoms with Crippen LogP contribution in [0.4, 0.5) is 0 Å². The number of nitrogens with zero attached hydrogens (tertiary/aromatic N) is 2. The SMILES string of the molecule is CC(C)(C)c1cc(B2OC3(C)CC3(C)O2)n(C2CCCCO2)n1.